The Morgan fingerprint density at radius 3 is 2.88 bits per heavy atom. The van der Waals surface area contributed by atoms with E-state index in [-0.39, 0.29) is 17.6 Å². The molecule has 0 N–H and O–H groups in total. The number of carbonyl (C=O) groups excluding carboxylic acids is 1. The molecular formula is C11H10Br2FNO. The van der Waals surface area contributed by atoms with Gasteiger partial charge in [0.2, 0.25) is 5.91 Å². The molecule has 0 radical (unpaired) electrons. The van der Waals surface area contributed by atoms with Gasteiger partial charge >= 0.3 is 0 Å². The number of hydrogen-bond acceptors (Lipinski definition) is 1. The summed E-state index contributed by atoms with van der Waals surface area (Å²) in [5, 5.41) is 0.769. The second-order valence-corrected chi connectivity index (χ2v) is 5.30. The molecule has 86 valence electrons. The van der Waals surface area contributed by atoms with Crippen LogP contribution in [0.3, 0.4) is 0 Å². The molecule has 1 heterocycles. The van der Waals surface area contributed by atoms with Crippen LogP contribution in [-0.2, 0) is 4.79 Å². The van der Waals surface area contributed by atoms with Crippen molar-refractivity contribution >= 4 is 43.5 Å². The Labute approximate surface area is 110 Å². The summed E-state index contributed by atoms with van der Waals surface area (Å²) in [6.07, 6.45) is 0.483. The van der Waals surface area contributed by atoms with Gasteiger partial charge in [0, 0.05) is 18.3 Å². The molecule has 2 rings (SSSR count). The van der Waals surface area contributed by atoms with E-state index in [1.165, 1.54) is 4.90 Å². The summed E-state index contributed by atoms with van der Waals surface area (Å²) in [7, 11) is 0. The van der Waals surface area contributed by atoms with Gasteiger partial charge in [0.1, 0.15) is 0 Å². The zero-order valence-corrected chi connectivity index (χ0v) is 11.6. The predicted molar refractivity (Wildman–Crippen MR) is 68.4 cm³/mol. The van der Waals surface area contributed by atoms with E-state index in [9.17, 15) is 9.18 Å². The summed E-state index contributed by atoms with van der Waals surface area (Å²) in [6.45, 7) is 0.581. The SMILES string of the molecule is O=C1CC(CBr)CN1c1cccc(Br)c1F. The maximum Gasteiger partial charge on any atom is 0.227 e. The third-order valence-corrected chi connectivity index (χ3v) is 4.17. The van der Waals surface area contributed by atoms with Crippen LogP contribution in [-0.4, -0.2) is 17.8 Å². The first-order valence-electron chi connectivity index (χ1n) is 4.94. The van der Waals surface area contributed by atoms with Crippen LogP contribution >= 0.6 is 31.9 Å². The Hall–Kier alpha value is -0.420. The van der Waals surface area contributed by atoms with Crippen molar-refractivity contribution in [2.24, 2.45) is 5.92 Å². The van der Waals surface area contributed by atoms with Crippen molar-refractivity contribution in [3.63, 3.8) is 0 Å². The third-order valence-electron chi connectivity index (χ3n) is 2.65. The first kappa shape index (κ1) is 12.0. The first-order chi connectivity index (χ1) is 7.63. The van der Waals surface area contributed by atoms with E-state index < -0.39 is 0 Å². The van der Waals surface area contributed by atoms with Gasteiger partial charge in [0.25, 0.3) is 0 Å². The zero-order valence-electron chi connectivity index (χ0n) is 8.42. The molecule has 1 aliphatic heterocycles. The van der Waals surface area contributed by atoms with Gasteiger partial charge in [-0.05, 0) is 34.0 Å². The third kappa shape index (κ3) is 2.15. The van der Waals surface area contributed by atoms with E-state index in [0.29, 0.717) is 23.1 Å². The minimum Gasteiger partial charge on any atom is -0.309 e. The van der Waals surface area contributed by atoms with Crippen molar-refractivity contribution in [2.75, 3.05) is 16.8 Å². The number of hydrogen-bond donors (Lipinski definition) is 0. The molecule has 0 aromatic heterocycles. The lowest BCUT2D eigenvalue weighted by Crippen LogP contribution is -2.25. The molecule has 1 aliphatic rings. The highest BCUT2D eigenvalue weighted by molar-refractivity contribution is 9.10. The van der Waals surface area contributed by atoms with Crippen LogP contribution in [0.5, 0.6) is 0 Å². The van der Waals surface area contributed by atoms with E-state index in [0.717, 1.165) is 5.33 Å². The average Bonchev–Trinajstić information content (AvgIpc) is 2.64. The van der Waals surface area contributed by atoms with E-state index in [1.807, 2.05) is 0 Å². The molecule has 1 atom stereocenters. The van der Waals surface area contributed by atoms with Crippen molar-refractivity contribution in [1.82, 2.24) is 0 Å². The van der Waals surface area contributed by atoms with Crippen LogP contribution in [0.2, 0.25) is 0 Å². The molecule has 0 saturated carbocycles. The van der Waals surface area contributed by atoms with Gasteiger partial charge in [-0.2, -0.15) is 0 Å². The van der Waals surface area contributed by atoms with Crippen molar-refractivity contribution in [2.45, 2.75) is 6.42 Å². The normalized spacial score (nSPS) is 20.6. The summed E-state index contributed by atoms with van der Waals surface area (Å²) in [4.78, 5) is 13.3. The molecule has 1 saturated heterocycles. The van der Waals surface area contributed by atoms with Gasteiger partial charge in [-0.15, -0.1) is 0 Å². The number of alkyl halides is 1. The topological polar surface area (TPSA) is 20.3 Å². The van der Waals surface area contributed by atoms with Gasteiger partial charge in [0.05, 0.1) is 10.2 Å². The molecule has 0 bridgehead atoms. The van der Waals surface area contributed by atoms with Crippen LogP contribution in [0.25, 0.3) is 0 Å². The second kappa shape index (κ2) is 4.84. The Bertz CT molecular complexity index is 424. The van der Waals surface area contributed by atoms with Gasteiger partial charge in [-0.3, -0.25) is 4.79 Å². The predicted octanol–water partition coefficient (Wildman–Crippen LogP) is 3.34. The fourth-order valence-corrected chi connectivity index (χ4v) is 2.61. The molecule has 1 amide bonds. The van der Waals surface area contributed by atoms with Crippen LogP contribution in [0.15, 0.2) is 22.7 Å². The lowest BCUT2D eigenvalue weighted by atomic mass is 10.2. The van der Waals surface area contributed by atoms with Gasteiger partial charge < -0.3 is 4.90 Å². The number of rotatable bonds is 2. The van der Waals surface area contributed by atoms with Gasteiger partial charge in [-0.1, -0.05) is 22.0 Å². The largest absolute Gasteiger partial charge is 0.309 e. The second-order valence-electron chi connectivity index (χ2n) is 3.80. The first-order valence-corrected chi connectivity index (χ1v) is 6.85. The van der Waals surface area contributed by atoms with E-state index in [1.54, 1.807) is 18.2 Å². The van der Waals surface area contributed by atoms with Gasteiger partial charge in [0.15, 0.2) is 5.82 Å². The van der Waals surface area contributed by atoms with Crippen molar-refractivity contribution < 1.29 is 9.18 Å². The maximum atomic E-state index is 13.8. The molecule has 0 spiro atoms. The van der Waals surface area contributed by atoms with Crippen LogP contribution in [0.4, 0.5) is 10.1 Å². The Morgan fingerprint density at radius 1 is 1.50 bits per heavy atom. The summed E-state index contributed by atoms with van der Waals surface area (Å²) < 4.78 is 14.2. The monoisotopic (exact) mass is 349 g/mol. The Morgan fingerprint density at radius 2 is 2.25 bits per heavy atom. The van der Waals surface area contributed by atoms with Crippen molar-refractivity contribution in [3.8, 4) is 0 Å². The van der Waals surface area contributed by atoms with Crippen LogP contribution in [0.1, 0.15) is 6.42 Å². The lowest BCUT2D eigenvalue weighted by Gasteiger charge is -2.17. The molecule has 1 aromatic carbocycles. The number of amides is 1. The van der Waals surface area contributed by atoms with E-state index >= 15 is 0 Å². The summed E-state index contributed by atoms with van der Waals surface area (Å²) in [5.41, 5.74) is 0.364. The Kier molecular flexibility index (Phi) is 3.64. The van der Waals surface area contributed by atoms with Crippen LogP contribution in [0, 0.1) is 11.7 Å². The molecule has 16 heavy (non-hydrogen) atoms. The smallest absolute Gasteiger partial charge is 0.227 e. The highest BCUT2D eigenvalue weighted by atomic mass is 79.9. The van der Waals surface area contributed by atoms with Crippen molar-refractivity contribution in [1.29, 1.82) is 0 Å². The minimum atomic E-state index is -0.369. The number of anilines is 1. The number of halogens is 3. The summed E-state index contributed by atoms with van der Waals surface area (Å²) in [5.74, 6) is -0.113. The molecule has 1 unspecified atom stereocenters. The molecule has 0 aliphatic carbocycles. The fourth-order valence-electron chi connectivity index (χ4n) is 1.82. The molecule has 1 fully saturated rings. The number of benzene rings is 1. The molecule has 1 aromatic rings. The molecular weight excluding hydrogens is 341 g/mol. The van der Waals surface area contributed by atoms with Gasteiger partial charge in [-0.25, -0.2) is 4.39 Å². The molecule has 2 nitrogen and oxygen atoms in total. The number of carbonyl (C=O) groups is 1. The summed E-state index contributed by atoms with van der Waals surface area (Å²) in [6, 6.07) is 4.99. The Balaban J connectivity index is 2.31. The highest BCUT2D eigenvalue weighted by Crippen LogP contribution is 2.31. The number of nitrogens with zero attached hydrogens (tertiary/aromatic N) is 1. The van der Waals surface area contributed by atoms with E-state index in [2.05, 4.69) is 31.9 Å². The average molecular weight is 351 g/mol. The minimum absolute atomic E-state index is 0.0125. The van der Waals surface area contributed by atoms with E-state index in [4.69, 9.17) is 0 Å². The lowest BCUT2D eigenvalue weighted by molar-refractivity contribution is -0.117. The van der Waals surface area contributed by atoms with Crippen LogP contribution < -0.4 is 4.90 Å². The molecule has 5 heteroatoms. The van der Waals surface area contributed by atoms with Crippen molar-refractivity contribution in [3.05, 3.63) is 28.5 Å². The summed E-state index contributed by atoms with van der Waals surface area (Å²) >= 11 is 6.48. The highest BCUT2D eigenvalue weighted by Gasteiger charge is 2.31. The quantitative estimate of drug-likeness (QED) is 0.749. The fraction of sp³-hybridized carbons (Fsp3) is 0.364. The standard InChI is InChI=1S/C11H10Br2FNO/c12-5-7-4-10(16)15(6-7)9-3-1-2-8(13)11(9)14/h1-3,7H,4-6H2. The maximum absolute atomic E-state index is 13.8. The zero-order chi connectivity index (χ0) is 11.7.